The number of hydrogen-bond donors (Lipinski definition) is 4. The molecular formula is C22H44CoO4. The monoisotopic (exact) mass is 431 g/mol. The van der Waals surface area contributed by atoms with Crippen LogP contribution in [0, 0.1) is 21.7 Å². The van der Waals surface area contributed by atoms with Gasteiger partial charge in [-0.1, -0.05) is 83.1 Å². The molecule has 165 valence electrons. The third kappa shape index (κ3) is 14.2. The van der Waals surface area contributed by atoms with Gasteiger partial charge in [-0.05, 0) is 23.0 Å². The number of allylic oxidation sites excluding steroid dienone is 2. The van der Waals surface area contributed by atoms with Gasteiger partial charge in [-0.2, -0.15) is 0 Å². The molecule has 0 rings (SSSR count). The van der Waals surface area contributed by atoms with Crippen LogP contribution in [0.3, 0.4) is 0 Å². The minimum atomic E-state index is -0.605. The van der Waals surface area contributed by atoms with Crippen molar-refractivity contribution in [2.45, 2.75) is 95.3 Å². The van der Waals surface area contributed by atoms with Gasteiger partial charge in [0.2, 0.25) is 0 Å². The molecule has 2 unspecified atom stereocenters. The Bertz CT molecular complexity index is 434. The van der Waals surface area contributed by atoms with E-state index in [1.165, 1.54) is 12.2 Å². The van der Waals surface area contributed by atoms with Crippen molar-refractivity contribution in [3.8, 4) is 0 Å². The third-order valence-corrected chi connectivity index (χ3v) is 3.94. The molecule has 2 atom stereocenters. The van der Waals surface area contributed by atoms with Crippen molar-refractivity contribution in [2.75, 3.05) is 0 Å². The van der Waals surface area contributed by atoms with Crippen LogP contribution in [-0.2, 0) is 16.8 Å². The Morgan fingerprint density at radius 1 is 0.556 bits per heavy atom. The van der Waals surface area contributed by atoms with E-state index in [0.717, 1.165) is 0 Å². The second-order valence-electron chi connectivity index (χ2n) is 11.2. The summed E-state index contributed by atoms with van der Waals surface area (Å²) in [5.41, 5.74) is -1.02. The number of hydrogen-bond acceptors (Lipinski definition) is 4. The standard InChI is InChI=1S/2C11H22O2.Co/c2*1-10(2,3)8(12)7-9(13)11(4,5)6;/h2*7-8,12-13H,1-6H3;/b2*9-7-;. The quantitative estimate of drug-likeness (QED) is 0.419. The molecule has 4 nitrogen and oxygen atoms in total. The SMILES string of the molecule is CC(C)(C)/C(O)=C/C(O)C(C)(C)C.CC(C)(C)/C(O)=C/C(O)C(C)(C)C.[Co]. The molecule has 0 aromatic carbocycles. The van der Waals surface area contributed by atoms with Crippen molar-refractivity contribution < 1.29 is 37.2 Å². The number of aliphatic hydroxyl groups excluding tert-OH is 4. The first-order valence-corrected chi connectivity index (χ1v) is 9.28. The van der Waals surface area contributed by atoms with Gasteiger partial charge in [0, 0.05) is 27.6 Å². The van der Waals surface area contributed by atoms with Gasteiger partial charge in [-0.15, -0.1) is 0 Å². The Morgan fingerprint density at radius 3 is 0.852 bits per heavy atom. The Balaban J connectivity index is -0.000000411. The molecule has 0 aliphatic heterocycles. The maximum atomic E-state index is 9.68. The zero-order valence-electron chi connectivity index (χ0n) is 19.4. The van der Waals surface area contributed by atoms with E-state index in [1.807, 2.05) is 83.1 Å². The number of aliphatic hydroxyl groups is 4. The molecule has 0 saturated carbocycles. The first-order chi connectivity index (χ1) is 11.1. The Hall–Kier alpha value is -0.494. The number of rotatable bonds is 2. The first kappa shape index (κ1) is 31.2. The smallest absolute Gasteiger partial charge is 0.0961 e. The van der Waals surface area contributed by atoms with Gasteiger partial charge in [0.05, 0.1) is 23.7 Å². The van der Waals surface area contributed by atoms with E-state index in [9.17, 15) is 20.4 Å². The molecular weight excluding hydrogens is 387 g/mol. The van der Waals surface area contributed by atoms with Crippen LogP contribution < -0.4 is 0 Å². The molecule has 0 spiro atoms. The molecule has 0 bridgehead atoms. The normalized spacial score (nSPS) is 16.7. The van der Waals surface area contributed by atoms with E-state index in [4.69, 9.17) is 0 Å². The van der Waals surface area contributed by atoms with E-state index in [0.29, 0.717) is 0 Å². The van der Waals surface area contributed by atoms with Crippen LogP contribution in [0.5, 0.6) is 0 Å². The van der Waals surface area contributed by atoms with Gasteiger partial charge < -0.3 is 20.4 Å². The summed E-state index contributed by atoms with van der Waals surface area (Å²) in [7, 11) is 0. The van der Waals surface area contributed by atoms with E-state index in [1.54, 1.807) is 0 Å². The van der Waals surface area contributed by atoms with Gasteiger partial charge >= 0.3 is 0 Å². The van der Waals surface area contributed by atoms with E-state index in [2.05, 4.69) is 0 Å². The molecule has 0 saturated heterocycles. The first-order valence-electron chi connectivity index (χ1n) is 9.28. The Morgan fingerprint density at radius 2 is 0.741 bits per heavy atom. The van der Waals surface area contributed by atoms with Gasteiger partial charge in [0.15, 0.2) is 0 Å². The Labute approximate surface area is 178 Å². The topological polar surface area (TPSA) is 80.9 Å². The maximum absolute atomic E-state index is 9.68. The molecule has 0 amide bonds. The van der Waals surface area contributed by atoms with Crippen LogP contribution in [0.25, 0.3) is 0 Å². The van der Waals surface area contributed by atoms with Crippen molar-refractivity contribution in [1.82, 2.24) is 0 Å². The second kappa shape index (κ2) is 10.9. The van der Waals surface area contributed by atoms with Gasteiger partial charge in [0.1, 0.15) is 0 Å². The van der Waals surface area contributed by atoms with Crippen LogP contribution in [0.4, 0.5) is 0 Å². The predicted octanol–water partition coefficient (Wildman–Crippen LogP) is 5.76. The fourth-order valence-electron chi connectivity index (χ4n) is 1.30. The summed E-state index contributed by atoms with van der Waals surface area (Å²) in [5.74, 6) is 0.491. The van der Waals surface area contributed by atoms with Crippen molar-refractivity contribution in [1.29, 1.82) is 0 Å². The van der Waals surface area contributed by atoms with Crippen molar-refractivity contribution >= 4 is 0 Å². The molecule has 0 aliphatic rings. The summed E-state index contributed by atoms with van der Waals surface area (Å²) in [6, 6.07) is 0. The molecule has 0 aromatic rings. The fourth-order valence-corrected chi connectivity index (χ4v) is 1.30. The summed E-state index contributed by atoms with van der Waals surface area (Å²) in [4.78, 5) is 0. The summed E-state index contributed by atoms with van der Waals surface area (Å²) in [6.07, 6.45) is 1.85. The van der Waals surface area contributed by atoms with Crippen LogP contribution in [-0.4, -0.2) is 32.6 Å². The maximum Gasteiger partial charge on any atom is 0.0961 e. The fraction of sp³-hybridized carbons (Fsp3) is 0.818. The minimum absolute atomic E-state index is 0. The zero-order chi connectivity index (χ0) is 21.7. The Kier molecular flexibility index (Phi) is 12.6. The predicted molar refractivity (Wildman–Crippen MR) is 111 cm³/mol. The summed E-state index contributed by atoms with van der Waals surface area (Å²) in [5, 5.41) is 38.6. The minimum Gasteiger partial charge on any atom is -0.512 e. The van der Waals surface area contributed by atoms with Crippen molar-refractivity contribution in [3.63, 3.8) is 0 Å². The summed E-state index contributed by atoms with van der Waals surface area (Å²) in [6.45, 7) is 23.1. The van der Waals surface area contributed by atoms with Crippen LogP contribution >= 0.6 is 0 Å². The average Bonchev–Trinajstić information content (AvgIpc) is 2.34. The van der Waals surface area contributed by atoms with Gasteiger partial charge in [-0.3, -0.25) is 0 Å². The van der Waals surface area contributed by atoms with Gasteiger partial charge in [-0.25, -0.2) is 0 Å². The van der Waals surface area contributed by atoms with Gasteiger partial charge in [0.25, 0.3) is 0 Å². The third-order valence-electron chi connectivity index (χ3n) is 3.94. The molecule has 5 heteroatoms. The van der Waals surface area contributed by atoms with E-state index in [-0.39, 0.29) is 50.0 Å². The van der Waals surface area contributed by atoms with Crippen molar-refractivity contribution in [2.24, 2.45) is 21.7 Å². The molecule has 0 fully saturated rings. The summed E-state index contributed by atoms with van der Waals surface area (Å²) < 4.78 is 0. The summed E-state index contributed by atoms with van der Waals surface area (Å²) >= 11 is 0. The van der Waals surface area contributed by atoms with Crippen LogP contribution in [0.2, 0.25) is 0 Å². The van der Waals surface area contributed by atoms with Crippen molar-refractivity contribution in [3.05, 3.63) is 23.7 Å². The molecule has 1 radical (unpaired) electrons. The van der Waals surface area contributed by atoms with Crippen LogP contribution in [0.1, 0.15) is 83.1 Å². The van der Waals surface area contributed by atoms with Crippen LogP contribution in [0.15, 0.2) is 23.7 Å². The molecule has 0 aliphatic carbocycles. The average molecular weight is 432 g/mol. The molecule has 4 N–H and O–H groups in total. The van der Waals surface area contributed by atoms with E-state index >= 15 is 0 Å². The second-order valence-corrected chi connectivity index (χ2v) is 11.2. The molecule has 0 aromatic heterocycles. The zero-order valence-corrected chi connectivity index (χ0v) is 20.5. The molecule has 0 heterocycles. The largest absolute Gasteiger partial charge is 0.512 e. The molecule has 27 heavy (non-hydrogen) atoms. The van der Waals surface area contributed by atoms with E-state index < -0.39 is 12.2 Å².